The van der Waals surface area contributed by atoms with Crippen LogP contribution in [0.4, 0.5) is 0 Å². The van der Waals surface area contributed by atoms with E-state index in [0.717, 1.165) is 12.6 Å². The Hall–Kier alpha value is -0.700. The zero-order valence-corrected chi connectivity index (χ0v) is 11.6. The molecule has 0 aromatic heterocycles. The summed E-state index contributed by atoms with van der Waals surface area (Å²) in [6, 6.07) is 0. The van der Waals surface area contributed by atoms with E-state index < -0.39 is 0 Å². The van der Waals surface area contributed by atoms with Gasteiger partial charge in [0.15, 0.2) is 6.73 Å². The first-order valence-electron chi connectivity index (χ1n) is 6.43. The first-order valence-corrected chi connectivity index (χ1v) is 6.43. The molecular weight excluding hydrogens is 216 g/mol. The highest BCUT2D eigenvalue weighted by Gasteiger charge is 2.32. The van der Waals surface area contributed by atoms with Gasteiger partial charge in [0.05, 0.1) is 25.7 Å². The SMILES string of the molecule is CC(C)C[N+]1(COC(C)C)CCCC1.[N-]=C=O. The summed E-state index contributed by atoms with van der Waals surface area (Å²) in [5.74, 6) is 0.781. The van der Waals surface area contributed by atoms with Gasteiger partial charge >= 0.3 is 0 Å². The van der Waals surface area contributed by atoms with Crippen molar-refractivity contribution in [2.24, 2.45) is 5.92 Å². The molecule has 0 saturated carbocycles. The fraction of sp³-hybridized carbons (Fsp3) is 0.923. The van der Waals surface area contributed by atoms with Crippen molar-refractivity contribution in [3.8, 4) is 0 Å². The van der Waals surface area contributed by atoms with E-state index in [1.807, 2.05) is 0 Å². The lowest BCUT2D eigenvalue weighted by Crippen LogP contribution is -2.49. The van der Waals surface area contributed by atoms with Crippen molar-refractivity contribution in [3.05, 3.63) is 5.41 Å². The van der Waals surface area contributed by atoms with Gasteiger partial charge in [-0.1, -0.05) is 13.8 Å². The minimum atomic E-state index is 0.373. The number of rotatable bonds is 5. The molecule has 4 nitrogen and oxygen atoms in total. The maximum absolute atomic E-state index is 8.24. The van der Waals surface area contributed by atoms with Gasteiger partial charge < -0.3 is 14.6 Å². The van der Waals surface area contributed by atoms with Crippen LogP contribution in [-0.4, -0.2) is 43.0 Å². The Bertz CT molecular complexity index is 228. The van der Waals surface area contributed by atoms with Gasteiger partial charge in [-0.3, -0.25) is 4.79 Å². The molecule has 1 aliphatic rings. The standard InChI is InChI=1S/C12H26NO.CNO/c1-11(2)9-13(7-5-6-8-13)10-14-12(3)4;2-1-3/h11-12H,5-10H2,1-4H3;/q+1;-1. The Kier molecular flexibility index (Phi) is 8.05. The molecule has 1 rings (SSSR count). The Morgan fingerprint density at radius 3 is 2.06 bits per heavy atom. The summed E-state index contributed by atoms with van der Waals surface area (Å²) < 4.78 is 7.01. The van der Waals surface area contributed by atoms with Crippen molar-refractivity contribution >= 4 is 6.08 Å². The van der Waals surface area contributed by atoms with Gasteiger partial charge in [-0.15, -0.1) is 0 Å². The summed E-state index contributed by atoms with van der Waals surface area (Å²) in [7, 11) is 0. The molecule has 1 heterocycles. The third-order valence-corrected chi connectivity index (χ3v) is 2.95. The first-order chi connectivity index (χ1) is 7.95. The molecule has 0 unspecified atom stereocenters. The minimum Gasteiger partial charge on any atom is -0.724 e. The number of nitrogens with zero attached hydrogens (tertiary/aromatic N) is 2. The van der Waals surface area contributed by atoms with E-state index in [1.165, 1.54) is 37.0 Å². The van der Waals surface area contributed by atoms with E-state index >= 15 is 0 Å². The third kappa shape index (κ3) is 7.27. The monoisotopic (exact) mass is 242 g/mol. The molecule has 0 spiro atoms. The Morgan fingerprint density at radius 2 is 1.71 bits per heavy atom. The van der Waals surface area contributed by atoms with Crippen molar-refractivity contribution < 1.29 is 14.0 Å². The van der Waals surface area contributed by atoms with Gasteiger partial charge in [-0.05, 0) is 19.9 Å². The Morgan fingerprint density at radius 1 is 1.24 bits per heavy atom. The van der Waals surface area contributed by atoms with Crippen molar-refractivity contribution in [1.29, 1.82) is 0 Å². The summed E-state index contributed by atoms with van der Waals surface area (Å²) in [6.07, 6.45) is 3.64. The van der Waals surface area contributed by atoms with Gasteiger partial charge in [0.1, 0.15) is 0 Å². The molecular formula is C13H26N2O2. The van der Waals surface area contributed by atoms with Crippen molar-refractivity contribution in [2.45, 2.75) is 46.6 Å². The largest absolute Gasteiger partial charge is 0.724 e. The molecule has 0 aliphatic carbocycles. The summed E-state index contributed by atoms with van der Waals surface area (Å²) in [5, 5.41) is 6.76. The first kappa shape index (κ1) is 16.3. The van der Waals surface area contributed by atoms with Crippen LogP contribution < -0.4 is 0 Å². The van der Waals surface area contributed by atoms with Gasteiger partial charge in [0.2, 0.25) is 0 Å². The van der Waals surface area contributed by atoms with Gasteiger partial charge in [0.25, 0.3) is 0 Å². The lowest BCUT2D eigenvalue weighted by atomic mass is 10.2. The number of hydrogen-bond donors (Lipinski definition) is 0. The minimum absolute atomic E-state index is 0.373. The number of carbonyl (C=O) groups excluding carboxylic acids is 1. The summed E-state index contributed by atoms with van der Waals surface area (Å²) >= 11 is 0. The summed E-state index contributed by atoms with van der Waals surface area (Å²) in [4.78, 5) is 8.24. The molecule has 0 aromatic carbocycles. The van der Waals surface area contributed by atoms with E-state index in [9.17, 15) is 0 Å². The van der Waals surface area contributed by atoms with Crippen LogP contribution in [0.1, 0.15) is 40.5 Å². The molecule has 1 fully saturated rings. The number of likely N-dealkylation sites (tertiary alicyclic amines) is 1. The second kappa shape index (κ2) is 8.40. The molecule has 0 radical (unpaired) electrons. The lowest BCUT2D eigenvalue weighted by Gasteiger charge is -2.35. The number of hydrogen-bond acceptors (Lipinski definition) is 2. The lowest BCUT2D eigenvalue weighted by molar-refractivity contribution is -0.938. The Balaban J connectivity index is 0.000000770. The average molecular weight is 242 g/mol. The van der Waals surface area contributed by atoms with Gasteiger partial charge in [-0.2, -0.15) is 0 Å². The quantitative estimate of drug-likeness (QED) is 0.422. The second-order valence-corrected chi connectivity index (χ2v) is 5.51. The van der Waals surface area contributed by atoms with Crippen LogP contribution in [0.3, 0.4) is 0 Å². The van der Waals surface area contributed by atoms with E-state index in [4.69, 9.17) is 14.9 Å². The van der Waals surface area contributed by atoms with Crippen LogP contribution in [0.2, 0.25) is 0 Å². The highest BCUT2D eigenvalue weighted by atomic mass is 16.5. The number of quaternary nitrogens is 1. The maximum atomic E-state index is 8.24. The average Bonchev–Trinajstić information content (AvgIpc) is 2.64. The van der Waals surface area contributed by atoms with Crippen molar-refractivity contribution in [1.82, 2.24) is 0 Å². The molecule has 1 aliphatic heterocycles. The van der Waals surface area contributed by atoms with Crippen LogP contribution in [0.15, 0.2) is 0 Å². The van der Waals surface area contributed by atoms with Crippen LogP contribution >= 0.6 is 0 Å². The van der Waals surface area contributed by atoms with Gasteiger partial charge in [-0.25, -0.2) is 0 Å². The fourth-order valence-electron chi connectivity index (χ4n) is 2.45. The number of ether oxygens (including phenoxy) is 1. The molecule has 4 heteroatoms. The molecule has 0 amide bonds. The molecule has 0 bridgehead atoms. The molecule has 0 N–H and O–H groups in total. The molecule has 17 heavy (non-hydrogen) atoms. The topological polar surface area (TPSA) is 48.6 Å². The predicted molar refractivity (Wildman–Crippen MR) is 69.1 cm³/mol. The summed E-state index contributed by atoms with van der Waals surface area (Å²) in [5.41, 5.74) is 0. The fourth-order valence-corrected chi connectivity index (χ4v) is 2.45. The molecule has 1 saturated heterocycles. The zero-order chi connectivity index (χ0) is 13.3. The molecule has 0 aromatic rings. The maximum Gasteiger partial charge on any atom is 0.183 e. The Labute approximate surface area is 105 Å². The van der Waals surface area contributed by atoms with E-state index in [1.54, 1.807) is 0 Å². The highest BCUT2D eigenvalue weighted by Crippen LogP contribution is 2.21. The van der Waals surface area contributed by atoms with Crippen LogP contribution in [0.5, 0.6) is 0 Å². The normalized spacial score (nSPS) is 17.8. The van der Waals surface area contributed by atoms with E-state index in [-0.39, 0.29) is 0 Å². The van der Waals surface area contributed by atoms with Crippen LogP contribution in [0, 0.1) is 5.92 Å². The summed E-state index contributed by atoms with van der Waals surface area (Å²) in [6.45, 7) is 13.7. The second-order valence-electron chi connectivity index (χ2n) is 5.51. The third-order valence-electron chi connectivity index (χ3n) is 2.95. The molecule has 100 valence electrons. The van der Waals surface area contributed by atoms with Crippen LogP contribution in [0.25, 0.3) is 5.41 Å². The molecule has 0 atom stereocenters. The smallest absolute Gasteiger partial charge is 0.183 e. The predicted octanol–water partition coefficient (Wildman–Crippen LogP) is 2.53. The van der Waals surface area contributed by atoms with Crippen LogP contribution in [-0.2, 0) is 9.53 Å². The van der Waals surface area contributed by atoms with E-state index in [0.29, 0.717) is 12.2 Å². The highest BCUT2D eigenvalue weighted by molar-refractivity contribution is 5.36. The van der Waals surface area contributed by atoms with Crippen molar-refractivity contribution in [2.75, 3.05) is 26.4 Å². The zero-order valence-electron chi connectivity index (χ0n) is 11.6. The number of isocyanates is 1. The van der Waals surface area contributed by atoms with Gasteiger partial charge in [0, 0.05) is 18.8 Å². The van der Waals surface area contributed by atoms with E-state index in [2.05, 4.69) is 27.7 Å². The van der Waals surface area contributed by atoms with Crippen molar-refractivity contribution in [3.63, 3.8) is 0 Å².